The Hall–Kier alpha value is -1.88. The summed E-state index contributed by atoms with van der Waals surface area (Å²) in [6.45, 7) is 0.580. The van der Waals surface area contributed by atoms with Crippen LogP contribution in [0.15, 0.2) is 30.5 Å². The summed E-state index contributed by atoms with van der Waals surface area (Å²) in [7, 11) is 1.39. The van der Waals surface area contributed by atoms with Crippen molar-refractivity contribution < 1.29 is 9.53 Å². The number of esters is 1. The molecule has 0 saturated carbocycles. The zero-order chi connectivity index (χ0) is 13.1. The fraction of sp³-hybridized carbons (Fsp3) is 0.231. The van der Waals surface area contributed by atoms with E-state index in [1.165, 1.54) is 7.11 Å². The van der Waals surface area contributed by atoms with Gasteiger partial charge in [-0.1, -0.05) is 24.4 Å². The number of ether oxygens (including phenoxy) is 1. The minimum Gasteiger partial charge on any atom is -0.469 e. The predicted molar refractivity (Wildman–Crippen MR) is 74.5 cm³/mol. The molecule has 0 saturated heterocycles. The molecule has 0 atom stereocenters. The van der Waals surface area contributed by atoms with Crippen molar-refractivity contribution in [3.8, 4) is 0 Å². The third kappa shape index (κ3) is 2.36. The Kier molecular flexibility index (Phi) is 3.62. The standard InChI is InChI=1S/C13H14N2O2S/c1-17-12(16)6-8-15-7-5-9-10(13(14)18)3-2-4-11(9)15/h2-5,7H,6,8H2,1H3,(H2,14,18). The quantitative estimate of drug-likeness (QED) is 0.674. The normalized spacial score (nSPS) is 10.5. The predicted octanol–water partition coefficient (Wildman–Crippen LogP) is 1.84. The summed E-state index contributed by atoms with van der Waals surface area (Å²) < 4.78 is 6.62. The van der Waals surface area contributed by atoms with Crippen molar-refractivity contribution in [1.29, 1.82) is 0 Å². The van der Waals surface area contributed by atoms with Crippen LogP contribution in [0.25, 0.3) is 10.9 Å². The van der Waals surface area contributed by atoms with Gasteiger partial charge >= 0.3 is 5.97 Å². The zero-order valence-electron chi connectivity index (χ0n) is 10.1. The minimum atomic E-state index is -0.220. The zero-order valence-corrected chi connectivity index (χ0v) is 10.9. The highest BCUT2D eigenvalue weighted by Gasteiger charge is 2.08. The smallest absolute Gasteiger partial charge is 0.307 e. The van der Waals surface area contributed by atoms with Crippen LogP contribution in [0.3, 0.4) is 0 Å². The molecule has 18 heavy (non-hydrogen) atoms. The molecule has 0 unspecified atom stereocenters. The number of nitrogens with two attached hydrogens (primary N) is 1. The monoisotopic (exact) mass is 262 g/mol. The Morgan fingerprint density at radius 3 is 2.89 bits per heavy atom. The summed E-state index contributed by atoms with van der Waals surface area (Å²) in [5.41, 5.74) is 7.56. The average Bonchev–Trinajstić information content (AvgIpc) is 2.78. The molecule has 0 spiro atoms. The Morgan fingerprint density at radius 1 is 1.44 bits per heavy atom. The molecular weight excluding hydrogens is 248 g/mol. The molecule has 94 valence electrons. The second kappa shape index (κ2) is 5.18. The Labute approximate surface area is 110 Å². The van der Waals surface area contributed by atoms with Crippen LogP contribution >= 0.6 is 12.2 Å². The number of thiocarbonyl (C=S) groups is 1. The van der Waals surface area contributed by atoms with Crippen molar-refractivity contribution in [2.75, 3.05) is 7.11 Å². The molecule has 5 heteroatoms. The van der Waals surface area contributed by atoms with Crippen molar-refractivity contribution in [1.82, 2.24) is 4.57 Å². The molecule has 0 fully saturated rings. The van der Waals surface area contributed by atoms with E-state index < -0.39 is 0 Å². The van der Waals surface area contributed by atoms with Gasteiger partial charge in [-0.3, -0.25) is 4.79 Å². The summed E-state index contributed by atoms with van der Waals surface area (Å²) in [5.74, 6) is -0.220. The molecule has 0 aliphatic carbocycles. The van der Waals surface area contributed by atoms with Crippen LogP contribution in [0.5, 0.6) is 0 Å². The van der Waals surface area contributed by atoms with Gasteiger partial charge in [0, 0.05) is 29.2 Å². The largest absolute Gasteiger partial charge is 0.469 e. The molecule has 0 aliphatic heterocycles. The molecule has 1 aromatic heterocycles. The van der Waals surface area contributed by atoms with Crippen LogP contribution < -0.4 is 5.73 Å². The van der Waals surface area contributed by atoms with Crippen LogP contribution in [-0.4, -0.2) is 22.6 Å². The molecule has 1 heterocycles. The van der Waals surface area contributed by atoms with Crippen molar-refractivity contribution in [2.24, 2.45) is 5.73 Å². The third-order valence-electron chi connectivity index (χ3n) is 2.86. The molecule has 0 amide bonds. The summed E-state index contributed by atoms with van der Waals surface area (Å²) in [6.07, 6.45) is 2.27. The fourth-order valence-electron chi connectivity index (χ4n) is 1.95. The van der Waals surface area contributed by atoms with Gasteiger partial charge in [0.25, 0.3) is 0 Å². The summed E-state index contributed by atoms with van der Waals surface area (Å²) in [4.78, 5) is 11.5. The number of nitrogens with zero attached hydrogens (tertiary/aromatic N) is 1. The van der Waals surface area contributed by atoms with Crippen LogP contribution in [-0.2, 0) is 16.1 Å². The first-order chi connectivity index (χ1) is 8.63. The maximum absolute atomic E-state index is 11.1. The van der Waals surface area contributed by atoms with Crippen LogP contribution in [0.2, 0.25) is 0 Å². The lowest BCUT2D eigenvalue weighted by Crippen LogP contribution is -2.10. The molecule has 0 radical (unpaired) electrons. The van der Waals surface area contributed by atoms with Crippen molar-refractivity contribution in [3.63, 3.8) is 0 Å². The second-order valence-corrected chi connectivity index (χ2v) is 4.38. The van der Waals surface area contributed by atoms with Gasteiger partial charge in [-0.25, -0.2) is 0 Å². The van der Waals surface area contributed by atoms with E-state index in [4.69, 9.17) is 18.0 Å². The maximum Gasteiger partial charge on any atom is 0.307 e. The SMILES string of the molecule is COC(=O)CCn1ccc2c(C(N)=S)cccc21. The first kappa shape index (κ1) is 12.6. The van der Waals surface area contributed by atoms with Gasteiger partial charge < -0.3 is 15.0 Å². The van der Waals surface area contributed by atoms with E-state index in [2.05, 4.69) is 4.74 Å². The molecule has 1 aromatic carbocycles. The number of carbonyl (C=O) groups excluding carboxylic acids is 1. The first-order valence-electron chi connectivity index (χ1n) is 5.58. The molecule has 4 nitrogen and oxygen atoms in total. The summed E-state index contributed by atoms with van der Waals surface area (Å²) in [5, 5.41) is 1.01. The number of hydrogen-bond donors (Lipinski definition) is 1. The molecule has 2 rings (SSSR count). The number of benzene rings is 1. The van der Waals surface area contributed by atoms with Crippen molar-refractivity contribution in [2.45, 2.75) is 13.0 Å². The maximum atomic E-state index is 11.1. The highest BCUT2D eigenvalue weighted by molar-refractivity contribution is 7.80. The van der Waals surface area contributed by atoms with E-state index in [9.17, 15) is 4.79 Å². The van der Waals surface area contributed by atoms with Gasteiger partial charge in [-0.05, 0) is 12.1 Å². The molecule has 2 aromatic rings. The van der Waals surface area contributed by atoms with Crippen LogP contribution in [0, 0.1) is 0 Å². The molecule has 0 bridgehead atoms. The number of rotatable bonds is 4. The first-order valence-corrected chi connectivity index (χ1v) is 5.99. The van der Waals surface area contributed by atoms with E-state index in [-0.39, 0.29) is 5.97 Å². The van der Waals surface area contributed by atoms with Gasteiger partial charge in [-0.2, -0.15) is 0 Å². The summed E-state index contributed by atoms with van der Waals surface area (Å²) >= 11 is 5.02. The van der Waals surface area contributed by atoms with Gasteiger partial charge in [0.05, 0.1) is 13.5 Å². The van der Waals surface area contributed by atoms with Gasteiger partial charge in [-0.15, -0.1) is 0 Å². The van der Waals surface area contributed by atoms with E-state index in [0.29, 0.717) is 18.0 Å². The van der Waals surface area contributed by atoms with E-state index in [0.717, 1.165) is 16.5 Å². The number of aromatic nitrogens is 1. The number of aryl methyl sites for hydroxylation is 1. The topological polar surface area (TPSA) is 57.2 Å². The minimum absolute atomic E-state index is 0.220. The Bertz CT molecular complexity index is 604. The Morgan fingerprint density at radius 2 is 2.22 bits per heavy atom. The van der Waals surface area contributed by atoms with Crippen LogP contribution in [0.1, 0.15) is 12.0 Å². The number of fused-ring (bicyclic) bond motifs is 1. The van der Waals surface area contributed by atoms with Crippen molar-refractivity contribution in [3.05, 3.63) is 36.0 Å². The number of carbonyl (C=O) groups is 1. The average molecular weight is 262 g/mol. The van der Waals surface area contributed by atoms with E-state index in [1.54, 1.807) is 0 Å². The third-order valence-corrected chi connectivity index (χ3v) is 3.08. The number of methoxy groups -OCH3 is 1. The fourth-order valence-corrected chi connectivity index (χ4v) is 2.13. The van der Waals surface area contributed by atoms with Crippen LogP contribution in [0.4, 0.5) is 0 Å². The molecular formula is C13H14N2O2S. The highest BCUT2D eigenvalue weighted by Crippen LogP contribution is 2.20. The molecule has 2 N–H and O–H groups in total. The number of hydrogen-bond acceptors (Lipinski definition) is 3. The Balaban J connectivity index is 2.34. The lowest BCUT2D eigenvalue weighted by Gasteiger charge is -2.06. The summed E-state index contributed by atoms with van der Waals surface area (Å²) in [6, 6.07) is 7.75. The van der Waals surface area contributed by atoms with Gasteiger partial charge in [0.2, 0.25) is 0 Å². The van der Waals surface area contributed by atoms with E-state index >= 15 is 0 Å². The second-order valence-electron chi connectivity index (χ2n) is 3.94. The van der Waals surface area contributed by atoms with Gasteiger partial charge in [0.15, 0.2) is 0 Å². The molecule has 0 aliphatic rings. The lowest BCUT2D eigenvalue weighted by atomic mass is 10.1. The lowest BCUT2D eigenvalue weighted by molar-refractivity contribution is -0.140. The van der Waals surface area contributed by atoms with Gasteiger partial charge in [0.1, 0.15) is 4.99 Å². The highest BCUT2D eigenvalue weighted by atomic mass is 32.1. The van der Waals surface area contributed by atoms with E-state index in [1.807, 2.05) is 35.0 Å². The van der Waals surface area contributed by atoms with Crippen molar-refractivity contribution >= 4 is 34.1 Å².